The van der Waals surface area contributed by atoms with Gasteiger partial charge in [0.05, 0.1) is 31.8 Å². The first-order chi connectivity index (χ1) is 11.8. The summed E-state index contributed by atoms with van der Waals surface area (Å²) in [4.78, 5) is 6.30. The van der Waals surface area contributed by atoms with Crippen molar-refractivity contribution in [2.24, 2.45) is 0 Å². The Morgan fingerprint density at radius 3 is 2.92 bits per heavy atom. The first-order valence-electron chi connectivity index (χ1n) is 8.62. The maximum Gasteiger partial charge on any atom is 0.165 e. The summed E-state index contributed by atoms with van der Waals surface area (Å²) in [6, 6.07) is 5.31. The molecule has 130 valence electrons. The Balaban J connectivity index is 1.44. The normalized spacial score (nSPS) is 20.6. The Labute approximate surface area is 146 Å². The van der Waals surface area contributed by atoms with E-state index in [4.69, 9.17) is 4.74 Å². The van der Waals surface area contributed by atoms with Gasteiger partial charge >= 0.3 is 0 Å². The number of hydrogen-bond donors (Lipinski definition) is 0. The van der Waals surface area contributed by atoms with E-state index < -0.39 is 0 Å². The van der Waals surface area contributed by atoms with Crippen molar-refractivity contribution in [3.05, 3.63) is 28.2 Å². The summed E-state index contributed by atoms with van der Waals surface area (Å²) < 4.78 is 7.53. The molecule has 1 aliphatic heterocycles. The molecule has 0 aromatic carbocycles. The molecule has 24 heavy (non-hydrogen) atoms. The molecule has 2 aliphatic rings. The fourth-order valence-corrected chi connectivity index (χ4v) is 4.13. The van der Waals surface area contributed by atoms with Crippen molar-refractivity contribution < 1.29 is 4.74 Å². The van der Waals surface area contributed by atoms with Crippen molar-refractivity contribution >= 4 is 11.3 Å². The number of thiophene rings is 1. The van der Waals surface area contributed by atoms with Crippen LogP contribution in [0.1, 0.15) is 35.6 Å². The van der Waals surface area contributed by atoms with Crippen LogP contribution in [-0.2, 0) is 11.3 Å². The van der Waals surface area contributed by atoms with Crippen molar-refractivity contribution in [1.29, 1.82) is 0 Å². The molecule has 1 aliphatic carbocycles. The first-order valence-corrected chi connectivity index (χ1v) is 9.49. The molecule has 0 spiro atoms. The predicted octanol–water partition coefficient (Wildman–Crippen LogP) is 1.57. The number of likely N-dealkylation sites (N-methyl/N-ethyl adjacent to an activating group) is 1. The van der Waals surface area contributed by atoms with Crippen LogP contribution >= 0.6 is 11.3 Å². The fourth-order valence-electron chi connectivity index (χ4n) is 3.28. The van der Waals surface area contributed by atoms with Crippen molar-refractivity contribution in [3.63, 3.8) is 0 Å². The van der Waals surface area contributed by atoms with Crippen LogP contribution in [0.4, 0.5) is 0 Å². The second-order valence-corrected chi connectivity index (χ2v) is 7.63. The molecule has 2 aromatic heterocycles. The van der Waals surface area contributed by atoms with Crippen LogP contribution in [0.15, 0.2) is 17.5 Å². The molecule has 0 bridgehead atoms. The van der Waals surface area contributed by atoms with Crippen LogP contribution in [-0.4, -0.2) is 69.9 Å². The lowest BCUT2D eigenvalue weighted by Gasteiger charge is -2.36. The summed E-state index contributed by atoms with van der Waals surface area (Å²) in [6.45, 7) is 5.40. The summed E-state index contributed by atoms with van der Waals surface area (Å²) >= 11 is 1.84. The third-order valence-corrected chi connectivity index (χ3v) is 5.68. The van der Waals surface area contributed by atoms with E-state index in [2.05, 4.69) is 49.9 Å². The van der Waals surface area contributed by atoms with E-state index in [1.165, 1.54) is 17.7 Å². The molecule has 2 fully saturated rings. The maximum atomic E-state index is 5.52. The zero-order valence-electron chi connectivity index (χ0n) is 14.0. The van der Waals surface area contributed by atoms with Gasteiger partial charge in [-0.15, -0.1) is 16.4 Å². The number of rotatable bonds is 7. The van der Waals surface area contributed by atoms with E-state index in [0.717, 1.165) is 45.2 Å². The Bertz CT molecular complexity index is 635. The minimum atomic E-state index is 0.407. The number of tetrazole rings is 1. The molecule has 1 saturated heterocycles. The molecule has 3 heterocycles. The maximum absolute atomic E-state index is 5.52. The van der Waals surface area contributed by atoms with Crippen LogP contribution < -0.4 is 0 Å². The highest BCUT2D eigenvalue weighted by molar-refractivity contribution is 7.10. The number of aromatic nitrogens is 4. The number of ether oxygens (including phenoxy) is 1. The van der Waals surface area contributed by atoms with Gasteiger partial charge in [0.15, 0.2) is 5.82 Å². The molecule has 1 atom stereocenters. The average Bonchev–Trinajstić information content (AvgIpc) is 3.10. The number of nitrogens with zero attached hydrogens (tertiary/aromatic N) is 6. The fraction of sp³-hybridized carbons (Fsp3) is 0.688. The van der Waals surface area contributed by atoms with E-state index >= 15 is 0 Å². The molecule has 0 radical (unpaired) electrons. The van der Waals surface area contributed by atoms with Gasteiger partial charge in [0.2, 0.25) is 0 Å². The van der Waals surface area contributed by atoms with Gasteiger partial charge in [-0.05, 0) is 41.8 Å². The van der Waals surface area contributed by atoms with Gasteiger partial charge in [-0.1, -0.05) is 6.07 Å². The summed E-state index contributed by atoms with van der Waals surface area (Å²) in [5.41, 5.74) is 0. The van der Waals surface area contributed by atoms with E-state index in [1.54, 1.807) is 0 Å². The van der Waals surface area contributed by atoms with Crippen molar-refractivity contribution in [1.82, 2.24) is 30.0 Å². The smallest absolute Gasteiger partial charge is 0.165 e. The number of morpholine rings is 1. The molecule has 4 rings (SSSR count). The summed E-state index contributed by atoms with van der Waals surface area (Å²) in [6.07, 6.45) is 2.40. The van der Waals surface area contributed by atoms with Gasteiger partial charge in [-0.3, -0.25) is 9.80 Å². The highest BCUT2D eigenvalue weighted by Gasteiger charge is 2.29. The lowest BCUT2D eigenvalue weighted by atomic mass is 10.1. The van der Waals surface area contributed by atoms with E-state index in [1.807, 2.05) is 16.0 Å². The Morgan fingerprint density at radius 2 is 2.21 bits per heavy atom. The minimum Gasteiger partial charge on any atom is -0.379 e. The molecule has 2 aromatic rings. The van der Waals surface area contributed by atoms with Crippen molar-refractivity contribution in [2.75, 3.05) is 39.9 Å². The van der Waals surface area contributed by atoms with Crippen LogP contribution in [0.3, 0.4) is 0 Å². The van der Waals surface area contributed by atoms with Crippen LogP contribution in [0.25, 0.3) is 0 Å². The zero-order chi connectivity index (χ0) is 16.4. The molecule has 0 unspecified atom stereocenters. The summed E-state index contributed by atoms with van der Waals surface area (Å²) in [7, 11) is 2.16. The largest absolute Gasteiger partial charge is 0.379 e. The molecule has 0 amide bonds. The summed E-state index contributed by atoms with van der Waals surface area (Å²) in [5.74, 6) is 0.979. The van der Waals surface area contributed by atoms with Crippen molar-refractivity contribution in [3.8, 4) is 0 Å². The predicted molar refractivity (Wildman–Crippen MR) is 91.9 cm³/mol. The topological polar surface area (TPSA) is 59.3 Å². The van der Waals surface area contributed by atoms with Gasteiger partial charge in [0, 0.05) is 24.5 Å². The first kappa shape index (κ1) is 16.1. The molecule has 0 N–H and O–H groups in total. The van der Waals surface area contributed by atoms with E-state index in [-0.39, 0.29) is 0 Å². The van der Waals surface area contributed by atoms with Gasteiger partial charge in [0.25, 0.3) is 0 Å². The van der Waals surface area contributed by atoms with Crippen LogP contribution in [0.5, 0.6) is 0 Å². The highest BCUT2D eigenvalue weighted by Crippen LogP contribution is 2.34. The standard InChI is InChI=1S/C16H24N6OS/c1-20(12-16-17-18-19-22(16)13-4-5-13)11-14(15-3-2-10-24-15)21-6-8-23-9-7-21/h2-3,10,13-14H,4-9,11-12H2,1H3/t14-/m1/s1. The third kappa shape index (κ3) is 3.66. The third-order valence-electron chi connectivity index (χ3n) is 4.71. The van der Waals surface area contributed by atoms with Crippen molar-refractivity contribution in [2.45, 2.75) is 31.5 Å². The summed E-state index contributed by atoms with van der Waals surface area (Å²) in [5, 5.41) is 14.4. The van der Waals surface area contributed by atoms with E-state index in [9.17, 15) is 0 Å². The quantitative estimate of drug-likeness (QED) is 0.757. The molecule has 8 heteroatoms. The molecule has 7 nitrogen and oxygen atoms in total. The average molecular weight is 348 g/mol. The Kier molecular flexibility index (Phi) is 4.88. The molecular formula is C16H24N6OS. The second-order valence-electron chi connectivity index (χ2n) is 6.65. The second kappa shape index (κ2) is 7.26. The van der Waals surface area contributed by atoms with Gasteiger partial charge in [-0.2, -0.15) is 0 Å². The molecule has 1 saturated carbocycles. The van der Waals surface area contributed by atoms with Gasteiger partial charge in [0.1, 0.15) is 0 Å². The number of hydrogen-bond acceptors (Lipinski definition) is 7. The Morgan fingerprint density at radius 1 is 1.38 bits per heavy atom. The lowest BCUT2D eigenvalue weighted by Crippen LogP contribution is -2.43. The van der Waals surface area contributed by atoms with Gasteiger partial charge < -0.3 is 4.74 Å². The Hall–Kier alpha value is -1.35. The van der Waals surface area contributed by atoms with Crippen LogP contribution in [0.2, 0.25) is 0 Å². The molecular weight excluding hydrogens is 324 g/mol. The lowest BCUT2D eigenvalue weighted by molar-refractivity contribution is 0.00942. The van der Waals surface area contributed by atoms with E-state index in [0.29, 0.717) is 12.1 Å². The van der Waals surface area contributed by atoms with Crippen LogP contribution in [0, 0.1) is 0 Å². The SMILES string of the molecule is CN(Cc1nnnn1C1CC1)C[C@H](c1cccs1)N1CCOCC1. The minimum absolute atomic E-state index is 0.407. The van der Waals surface area contributed by atoms with Gasteiger partial charge in [-0.25, -0.2) is 4.68 Å². The monoisotopic (exact) mass is 348 g/mol. The highest BCUT2D eigenvalue weighted by atomic mass is 32.1. The zero-order valence-corrected chi connectivity index (χ0v) is 14.9.